The molecule has 118 valence electrons. The molecule has 0 aliphatic heterocycles. The first-order valence-corrected chi connectivity index (χ1v) is 7.54. The highest BCUT2D eigenvalue weighted by molar-refractivity contribution is 5.94. The van der Waals surface area contributed by atoms with E-state index in [0.717, 1.165) is 17.8 Å². The van der Waals surface area contributed by atoms with E-state index in [9.17, 15) is 4.79 Å². The van der Waals surface area contributed by atoms with Crippen molar-refractivity contribution in [3.05, 3.63) is 78.1 Å². The van der Waals surface area contributed by atoms with E-state index in [2.05, 4.69) is 4.98 Å². The number of aryl methyl sites for hydroxylation is 1. The van der Waals surface area contributed by atoms with Crippen molar-refractivity contribution in [3.8, 4) is 0 Å². The molecule has 2 aromatic heterocycles. The molecule has 0 saturated heterocycles. The number of carbonyl (C=O) groups excluding carboxylic acids is 1. The van der Waals surface area contributed by atoms with Gasteiger partial charge in [-0.15, -0.1) is 0 Å². The van der Waals surface area contributed by atoms with Crippen molar-refractivity contribution in [2.45, 2.75) is 13.1 Å². The first kappa shape index (κ1) is 15.1. The first-order chi connectivity index (χ1) is 11.1. The zero-order chi connectivity index (χ0) is 16.2. The third kappa shape index (κ3) is 3.51. The average Bonchev–Trinajstić information content (AvgIpc) is 3.20. The Balaban J connectivity index is 1.66. The number of benzene rings is 1. The summed E-state index contributed by atoms with van der Waals surface area (Å²) in [4.78, 5) is 18.3. The fourth-order valence-electron chi connectivity index (χ4n) is 2.54. The maximum Gasteiger partial charge on any atom is 0.253 e. The van der Waals surface area contributed by atoms with Gasteiger partial charge >= 0.3 is 0 Å². The van der Waals surface area contributed by atoms with Crippen molar-refractivity contribution in [2.24, 2.45) is 7.05 Å². The van der Waals surface area contributed by atoms with Crippen molar-refractivity contribution >= 4 is 5.91 Å². The largest absolute Gasteiger partial charge is 0.353 e. The van der Waals surface area contributed by atoms with Crippen molar-refractivity contribution in [1.82, 2.24) is 19.0 Å². The van der Waals surface area contributed by atoms with E-state index in [1.807, 2.05) is 72.0 Å². The third-order valence-corrected chi connectivity index (χ3v) is 3.92. The maximum atomic E-state index is 12.5. The predicted octanol–water partition coefficient (Wildman–Crippen LogP) is 2.54. The molecule has 0 atom stereocenters. The van der Waals surface area contributed by atoms with Crippen LogP contribution in [0.1, 0.15) is 21.6 Å². The molecular weight excluding hydrogens is 288 g/mol. The second-order valence-electron chi connectivity index (χ2n) is 5.70. The number of hydrogen-bond donors (Lipinski definition) is 0. The van der Waals surface area contributed by atoms with Gasteiger partial charge in [0.05, 0.1) is 12.9 Å². The van der Waals surface area contributed by atoms with Crippen LogP contribution in [0.15, 0.2) is 61.3 Å². The Morgan fingerprint density at radius 3 is 2.57 bits per heavy atom. The summed E-state index contributed by atoms with van der Waals surface area (Å²) >= 11 is 0. The van der Waals surface area contributed by atoms with Crippen LogP contribution in [0.25, 0.3) is 0 Å². The molecule has 0 unspecified atom stereocenters. The number of hydrogen-bond acceptors (Lipinski definition) is 2. The Morgan fingerprint density at radius 2 is 1.96 bits per heavy atom. The summed E-state index contributed by atoms with van der Waals surface area (Å²) in [7, 11) is 3.81. The molecule has 0 spiro atoms. The van der Waals surface area contributed by atoms with Gasteiger partial charge in [-0.05, 0) is 29.8 Å². The minimum Gasteiger partial charge on any atom is -0.353 e. The summed E-state index contributed by atoms with van der Waals surface area (Å²) in [5.74, 6) is 0.0281. The summed E-state index contributed by atoms with van der Waals surface area (Å²) in [6.45, 7) is 1.35. The van der Waals surface area contributed by atoms with Crippen LogP contribution >= 0.6 is 0 Å². The summed E-state index contributed by atoms with van der Waals surface area (Å²) in [6, 6.07) is 11.8. The van der Waals surface area contributed by atoms with Gasteiger partial charge in [0, 0.05) is 50.5 Å². The maximum absolute atomic E-state index is 12.5. The molecule has 1 aromatic carbocycles. The van der Waals surface area contributed by atoms with E-state index in [1.165, 1.54) is 0 Å². The highest BCUT2D eigenvalue weighted by Crippen LogP contribution is 2.11. The van der Waals surface area contributed by atoms with Crippen LogP contribution in [-0.4, -0.2) is 32.0 Å². The van der Waals surface area contributed by atoms with Gasteiger partial charge < -0.3 is 14.0 Å². The van der Waals surface area contributed by atoms with E-state index in [-0.39, 0.29) is 5.91 Å². The molecular formula is C18H20N4O. The number of nitrogens with zero attached hydrogens (tertiary/aromatic N) is 4. The van der Waals surface area contributed by atoms with Crippen molar-refractivity contribution < 1.29 is 4.79 Å². The lowest BCUT2D eigenvalue weighted by molar-refractivity contribution is 0.0782. The molecule has 5 nitrogen and oxygen atoms in total. The number of carbonyl (C=O) groups is 1. The summed E-state index contributed by atoms with van der Waals surface area (Å²) < 4.78 is 4.02. The quantitative estimate of drug-likeness (QED) is 0.727. The lowest BCUT2D eigenvalue weighted by Gasteiger charge is -2.18. The second kappa shape index (κ2) is 6.52. The molecule has 5 heteroatoms. The van der Waals surface area contributed by atoms with Gasteiger partial charge in [0.15, 0.2) is 0 Å². The van der Waals surface area contributed by atoms with E-state index < -0.39 is 0 Å². The molecule has 3 rings (SSSR count). The van der Waals surface area contributed by atoms with Crippen molar-refractivity contribution in [2.75, 3.05) is 7.05 Å². The standard InChI is InChI=1S/C18H20N4O/c1-20-10-3-4-17(20)13-21(2)18(23)16-7-5-15(6-8-16)12-22-11-9-19-14-22/h3-11,14H,12-13H2,1-2H3. The van der Waals surface area contributed by atoms with Crippen LogP contribution < -0.4 is 0 Å². The molecule has 0 fully saturated rings. The van der Waals surface area contributed by atoms with Crippen LogP contribution in [0, 0.1) is 0 Å². The molecule has 0 bridgehead atoms. The lowest BCUT2D eigenvalue weighted by Crippen LogP contribution is -2.27. The number of imidazole rings is 1. The monoisotopic (exact) mass is 308 g/mol. The van der Waals surface area contributed by atoms with E-state index in [4.69, 9.17) is 0 Å². The fraction of sp³-hybridized carbons (Fsp3) is 0.222. The van der Waals surface area contributed by atoms with Crippen LogP contribution in [-0.2, 0) is 20.1 Å². The van der Waals surface area contributed by atoms with Gasteiger partial charge in [0.25, 0.3) is 5.91 Å². The van der Waals surface area contributed by atoms with E-state index >= 15 is 0 Å². The van der Waals surface area contributed by atoms with Gasteiger partial charge in [-0.25, -0.2) is 4.98 Å². The summed E-state index contributed by atoms with van der Waals surface area (Å²) in [5.41, 5.74) is 2.96. The molecule has 1 amide bonds. The molecule has 0 radical (unpaired) electrons. The normalized spacial score (nSPS) is 10.7. The Kier molecular flexibility index (Phi) is 4.28. The zero-order valence-electron chi connectivity index (χ0n) is 13.4. The Morgan fingerprint density at radius 1 is 1.17 bits per heavy atom. The molecule has 23 heavy (non-hydrogen) atoms. The molecule has 0 saturated carbocycles. The highest BCUT2D eigenvalue weighted by Gasteiger charge is 2.13. The molecule has 2 heterocycles. The van der Waals surface area contributed by atoms with E-state index in [0.29, 0.717) is 12.1 Å². The number of aromatic nitrogens is 3. The topological polar surface area (TPSA) is 43.1 Å². The lowest BCUT2D eigenvalue weighted by atomic mass is 10.1. The molecule has 0 N–H and O–H groups in total. The highest BCUT2D eigenvalue weighted by atomic mass is 16.2. The molecule has 0 aliphatic carbocycles. The third-order valence-electron chi connectivity index (χ3n) is 3.92. The summed E-state index contributed by atoms with van der Waals surface area (Å²) in [6.07, 6.45) is 7.45. The van der Waals surface area contributed by atoms with Gasteiger partial charge in [-0.3, -0.25) is 4.79 Å². The Bertz CT molecular complexity index is 772. The number of rotatable bonds is 5. The van der Waals surface area contributed by atoms with Gasteiger partial charge in [0.2, 0.25) is 0 Å². The second-order valence-corrected chi connectivity index (χ2v) is 5.70. The number of amides is 1. The van der Waals surface area contributed by atoms with Gasteiger partial charge in [-0.2, -0.15) is 0 Å². The van der Waals surface area contributed by atoms with E-state index in [1.54, 1.807) is 17.4 Å². The smallest absolute Gasteiger partial charge is 0.253 e. The summed E-state index contributed by atoms with van der Waals surface area (Å²) in [5, 5.41) is 0. The Hall–Kier alpha value is -2.82. The molecule has 0 aliphatic rings. The molecule has 3 aromatic rings. The predicted molar refractivity (Wildman–Crippen MR) is 89.0 cm³/mol. The minimum absolute atomic E-state index is 0.0281. The minimum atomic E-state index is 0.0281. The van der Waals surface area contributed by atoms with Gasteiger partial charge in [0.1, 0.15) is 0 Å². The van der Waals surface area contributed by atoms with Gasteiger partial charge in [-0.1, -0.05) is 12.1 Å². The van der Waals surface area contributed by atoms with Crippen molar-refractivity contribution in [1.29, 1.82) is 0 Å². The zero-order valence-corrected chi connectivity index (χ0v) is 13.4. The Labute approximate surface area is 135 Å². The van der Waals surface area contributed by atoms with Crippen LogP contribution in [0.3, 0.4) is 0 Å². The fourth-order valence-corrected chi connectivity index (χ4v) is 2.54. The van der Waals surface area contributed by atoms with Crippen LogP contribution in [0.2, 0.25) is 0 Å². The van der Waals surface area contributed by atoms with Crippen molar-refractivity contribution in [3.63, 3.8) is 0 Å². The average molecular weight is 308 g/mol. The van der Waals surface area contributed by atoms with Crippen LogP contribution in [0.4, 0.5) is 0 Å². The SMILES string of the molecule is CN(Cc1cccn1C)C(=O)c1ccc(Cn2ccnc2)cc1. The van der Waals surface area contributed by atoms with Crippen LogP contribution in [0.5, 0.6) is 0 Å². The first-order valence-electron chi connectivity index (χ1n) is 7.54.